The Hall–Kier alpha value is -1.94. The van der Waals surface area contributed by atoms with Gasteiger partial charge in [-0.05, 0) is 43.5 Å². The lowest BCUT2D eigenvalue weighted by atomic mass is 9.96. The maximum Gasteiger partial charge on any atom is 0.133 e. The van der Waals surface area contributed by atoms with Gasteiger partial charge in [0.1, 0.15) is 17.4 Å². The lowest BCUT2D eigenvalue weighted by Gasteiger charge is -2.17. The van der Waals surface area contributed by atoms with Crippen LogP contribution in [-0.2, 0) is 6.42 Å². The second-order valence-electron chi connectivity index (χ2n) is 5.22. The fourth-order valence-electron chi connectivity index (χ4n) is 2.42. The molecular formula is C17H19F2NO. The van der Waals surface area contributed by atoms with Crippen molar-refractivity contribution in [3.05, 3.63) is 64.2 Å². The van der Waals surface area contributed by atoms with Crippen LogP contribution in [0.1, 0.15) is 28.3 Å². The first-order valence-corrected chi connectivity index (χ1v) is 6.77. The summed E-state index contributed by atoms with van der Waals surface area (Å²) in [7, 11) is 1.56. The van der Waals surface area contributed by atoms with Gasteiger partial charge in [0.25, 0.3) is 0 Å². The average molecular weight is 291 g/mol. The van der Waals surface area contributed by atoms with E-state index in [1.165, 1.54) is 12.1 Å². The minimum atomic E-state index is -0.763. The van der Waals surface area contributed by atoms with Crippen LogP contribution in [0.15, 0.2) is 30.3 Å². The Bertz CT molecular complexity index is 655. The highest BCUT2D eigenvalue weighted by molar-refractivity contribution is 5.39. The van der Waals surface area contributed by atoms with Gasteiger partial charge >= 0.3 is 0 Å². The number of hydrogen-bond donors (Lipinski definition) is 1. The highest BCUT2D eigenvalue weighted by Crippen LogP contribution is 2.28. The van der Waals surface area contributed by atoms with E-state index < -0.39 is 17.7 Å². The van der Waals surface area contributed by atoms with Crippen molar-refractivity contribution in [2.24, 2.45) is 5.73 Å². The van der Waals surface area contributed by atoms with E-state index in [-0.39, 0.29) is 5.56 Å². The fourth-order valence-corrected chi connectivity index (χ4v) is 2.42. The van der Waals surface area contributed by atoms with Crippen LogP contribution in [0.3, 0.4) is 0 Å². The summed E-state index contributed by atoms with van der Waals surface area (Å²) in [5, 5.41) is 0. The van der Waals surface area contributed by atoms with Gasteiger partial charge in [-0.1, -0.05) is 23.8 Å². The Morgan fingerprint density at radius 1 is 1.14 bits per heavy atom. The highest BCUT2D eigenvalue weighted by Gasteiger charge is 2.20. The first-order chi connectivity index (χ1) is 9.93. The second-order valence-corrected chi connectivity index (χ2v) is 5.22. The predicted molar refractivity (Wildman–Crippen MR) is 79.5 cm³/mol. The third kappa shape index (κ3) is 3.22. The lowest BCUT2D eigenvalue weighted by Crippen LogP contribution is -2.18. The first kappa shape index (κ1) is 15.4. The van der Waals surface area contributed by atoms with E-state index in [0.29, 0.717) is 17.7 Å². The zero-order valence-corrected chi connectivity index (χ0v) is 12.4. The van der Waals surface area contributed by atoms with Gasteiger partial charge in [0.15, 0.2) is 0 Å². The molecule has 112 valence electrons. The van der Waals surface area contributed by atoms with Crippen molar-refractivity contribution in [3.8, 4) is 5.75 Å². The van der Waals surface area contributed by atoms with Gasteiger partial charge < -0.3 is 10.5 Å². The van der Waals surface area contributed by atoms with E-state index in [1.807, 2.05) is 25.1 Å². The molecule has 0 aliphatic rings. The predicted octanol–water partition coefficient (Wildman–Crippen LogP) is 3.83. The molecule has 0 fully saturated rings. The van der Waals surface area contributed by atoms with Crippen LogP contribution in [0.5, 0.6) is 5.75 Å². The lowest BCUT2D eigenvalue weighted by molar-refractivity contribution is 0.407. The Labute approximate surface area is 123 Å². The first-order valence-electron chi connectivity index (χ1n) is 6.77. The van der Waals surface area contributed by atoms with E-state index >= 15 is 0 Å². The number of rotatable bonds is 4. The van der Waals surface area contributed by atoms with Crippen molar-refractivity contribution in [1.29, 1.82) is 0 Å². The molecule has 0 amide bonds. The molecule has 0 saturated heterocycles. The van der Waals surface area contributed by atoms with E-state index in [9.17, 15) is 8.78 Å². The normalized spacial score (nSPS) is 12.3. The maximum absolute atomic E-state index is 14.1. The van der Waals surface area contributed by atoms with E-state index in [2.05, 4.69) is 0 Å². The summed E-state index contributed by atoms with van der Waals surface area (Å²) < 4.78 is 33.3. The molecular weight excluding hydrogens is 272 g/mol. The Balaban J connectivity index is 2.37. The average Bonchev–Trinajstić information content (AvgIpc) is 2.43. The molecule has 0 aliphatic carbocycles. The van der Waals surface area contributed by atoms with Crippen molar-refractivity contribution >= 4 is 0 Å². The Morgan fingerprint density at radius 2 is 1.86 bits per heavy atom. The molecule has 0 heterocycles. The van der Waals surface area contributed by atoms with Crippen LogP contribution in [0.4, 0.5) is 8.78 Å². The summed E-state index contributed by atoms with van der Waals surface area (Å²) in [5.41, 5.74) is 8.23. The molecule has 0 aromatic heterocycles. The zero-order valence-electron chi connectivity index (χ0n) is 12.4. The molecule has 2 N–H and O–H groups in total. The summed E-state index contributed by atoms with van der Waals surface area (Å²) >= 11 is 0. The number of aryl methyl sites for hydroxylation is 2. The van der Waals surface area contributed by atoms with Crippen LogP contribution < -0.4 is 10.5 Å². The third-order valence-electron chi connectivity index (χ3n) is 3.57. The summed E-state index contributed by atoms with van der Waals surface area (Å²) in [6, 6.07) is 7.57. The Kier molecular flexibility index (Phi) is 4.58. The van der Waals surface area contributed by atoms with Gasteiger partial charge in [0, 0.05) is 11.6 Å². The number of benzene rings is 2. The molecule has 0 aliphatic heterocycles. The van der Waals surface area contributed by atoms with Gasteiger partial charge in [0.2, 0.25) is 0 Å². The number of hydrogen-bond acceptors (Lipinski definition) is 2. The van der Waals surface area contributed by atoms with Crippen molar-refractivity contribution in [2.75, 3.05) is 7.11 Å². The molecule has 2 nitrogen and oxygen atoms in total. The summed E-state index contributed by atoms with van der Waals surface area (Å²) in [4.78, 5) is 0. The van der Waals surface area contributed by atoms with Crippen molar-refractivity contribution < 1.29 is 13.5 Å². The molecule has 0 bridgehead atoms. The van der Waals surface area contributed by atoms with Crippen LogP contribution in [-0.4, -0.2) is 7.11 Å². The number of ether oxygens (including phenoxy) is 1. The quantitative estimate of drug-likeness (QED) is 0.929. The fraction of sp³-hybridized carbons (Fsp3) is 0.294. The number of halogens is 2. The molecule has 2 aromatic carbocycles. The van der Waals surface area contributed by atoms with Gasteiger partial charge in [-0.2, -0.15) is 0 Å². The standard InChI is InChI=1S/C17H19F2NO/c1-10-4-7-15(21-3)12(8-10)9-14(20)16-13(18)6-5-11(2)17(16)19/h4-8,14H,9,20H2,1-3H3. The molecule has 2 aromatic rings. The molecule has 4 heteroatoms. The smallest absolute Gasteiger partial charge is 0.133 e. The van der Waals surface area contributed by atoms with Crippen molar-refractivity contribution in [1.82, 2.24) is 0 Å². The van der Waals surface area contributed by atoms with Crippen molar-refractivity contribution in [3.63, 3.8) is 0 Å². The van der Waals surface area contributed by atoms with Crippen LogP contribution >= 0.6 is 0 Å². The topological polar surface area (TPSA) is 35.2 Å². The molecule has 1 atom stereocenters. The summed E-state index contributed by atoms with van der Waals surface area (Å²) in [6.45, 7) is 3.54. The minimum Gasteiger partial charge on any atom is -0.496 e. The van der Waals surface area contributed by atoms with E-state index in [0.717, 1.165) is 11.1 Å². The molecule has 0 spiro atoms. The number of methoxy groups -OCH3 is 1. The van der Waals surface area contributed by atoms with Gasteiger partial charge in [-0.15, -0.1) is 0 Å². The zero-order chi connectivity index (χ0) is 15.6. The third-order valence-corrected chi connectivity index (χ3v) is 3.57. The molecule has 2 rings (SSSR count). The van der Waals surface area contributed by atoms with Gasteiger partial charge in [-0.25, -0.2) is 8.78 Å². The molecule has 0 saturated carbocycles. The van der Waals surface area contributed by atoms with Crippen LogP contribution in [0.25, 0.3) is 0 Å². The van der Waals surface area contributed by atoms with Crippen LogP contribution in [0.2, 0.25) is 0 Å². The van der Waals surface area contributed by atoms with Crippen molar-refractivity contribution in [2.45, 2.75) is 26.3 Å². The van der Waals surface area contributed by atoms with E-state index in [1.54, 1.807) is 14.0 Å². The minimum absolute atomic E-state index is 0.0708. The Morgan fingerprint density at radius 3 is 2.52 bits per heavy atom. The molecule has 1 unspecified atom stereocenters. The monoisotopic (exact) mass is 291 g/mol. The molecule has 0 radical (unpaired) electrons. The van der Waals surface area contributed by atoms with Gasteiger partial charge in [-0.3, -0.25) is 0 Å². The van der Waals surface area contributed by atoms with Gasteiger partial charge in [0.05, 0.1) is 7.11 Å². The SMILES string of the molecule is COc1ccc(C)cc1CC(N)c1c(F)ccc(C)c1F. The number of nitrogens with two attached hydrogens (primary N) is 1. The molecule has 21 heavy (non-hydrogen) atoms. The van der Waals surface area contributed by atoms with Crippen LogP contribution in [0, 0.1) is 25.5 Å². The highest BCUT2D eigenvalue weighted by atomic mass is 19.1. The summed E-state index contributed by atoms with van der Waals surface area (Å²) in [5.74, 6) is -0.518. The summed E-state index contributed by atoms with van der Waals surface area (Å²) in [6.07, 6.45) is 0.308. The second kappa shape index (κ2) is 6.22. The van der Waals surface area contributed by atoms with E-state index in [4.69, 9.17) is 10.5 Å². The maximum atomic E-state index is 14.1. The largest absolute Gasteiger partial charge is 0.496 e.